The van der Waals surface area contributed by atoms with E-state index in [9.17, 15) is 0 Å². The molecule has 2 heterocycles. The molecule has 0 aromatic carbocycles. The van der Waals surface area contributed by atoms with E-state index in [1.54, 1.807) is 24.1 Å². The maximum atomic E-state index is 3.98. The van der Waals surface area contributed by atoms with E-state index in [4.69, 9.17) is 0 Å². The van der Waals surface area contributed by atoms with E-state index < -0.39 is 0 Å². The quantitative estimate of drug-likeness (QED) is 0.682. The predicted molar refractivity (Wildman–Crippen MR) is 40.9 cm³/mol. The van der Waals surface area contributed by atoms with E-state index in [-0.39, 0.29) is 20.1 Å². The molecule has 0 amide bonds. The molecule has 5 nitrogen and oxygen atoms in total. The average Bonchev–Trinajstić information content (AvgIpc) is 2.54. The molecule has 2 aromatic rings. The van der Waals surface area contributed by atoms with Gasteiger partial charge in [0.15, 0.2) is 0 Å². The van der Waals surface area contributed by atoms with Crippen molar-refractivity contribution < 1.29 is 20.1 Å². The van der Waals surface area contributed by atoms with Crippen LogP contribution in [0.15, 0.2) is 18.7 Å². The van der Waals surface area contributed by atoms with Gasteiger partial charge in [0.25, 0.3) is 0 Å². The van der Waals surface area contributed by atoms with Crippen molar-refractivity contribution in [2.75, 3.05) is 0 Å². The van der Waals surface area contributed by atoms with Gasteiger partial charge in [0.05, 0.1) is 0 Å². The van der Waals surface area contributed by atoms with Gasteiger partial charge in [0.2, 0.25) is 0 Å². The zero-order chi connectivity index (χ0) is 8.39. The largest absolute Gasteiger partial charge is 0.274 e. The molecular weight excluding hydrogens is 346 g/mol. The number of rotatable bonds is 1. The van der Waals surface area contributed by atoms with Crippen molar-refractivity contribution in [3.05, 3.63) is 24.8 Å². The van der Waals surface area contributed by atoms with Crippen molar-refractivity contribution >= 4 is 0 Å². The number of hydrogen-bond acceptors (Lipinski definition) is 4. The third kappa shape index (κ3) is 2.17. The van der Waals surface area contributed by atoms with Crippen LogP contribution in [0, 0.1) is 6.07 Å². The Bertz CT molecular complexity index is 371. The molecule has 0 spiro atoms. The molecule has 1 radical (unpaired) electrons. The zero-order valence-electron chi connectivity index (χ0n) is 6.80. The van der Waals surface area contributed by atoms with Gasteiger partial charge in [-0.2, -0.15) is 0 Å². The van der Waals surface area contributed by atoms with Gasteiger partial charge >= 0.3 is 0 Å². The Morgan fingerprint density at radius 2 is 2.31 bits per heavy atom. The summed E-state index contributed by atoms with van der Waals surface area (Å²) in [4.78, 5) is 7.74. The van der Waals surface area contributed by atoms with Crippen molar-refractivity contribution in [2.45, 2.75) is 0 Å². The first-order valence-corrected chi connectivity index (χ1v) is 3.40. The Morgan fingerprint density at radius 1 is 1.46 bits per heavy atom. The van der Waals surface area contributed by atoms with E-state index >= 15 is 0 Å². The van der Waals surface area contributed by atoms with E-state index in [1.807, 2.05) is 0 Å². The van der Waals surface area contributed by atoms with Crippen LogP contribution in [0.4, 0.5) is 0 Å². The second-order valence-electron chi connectivity index (χ2n) is 2.29. The SMILES string of the molecule is Cn1cc(-c2[c-]cncn2)nn1.[Ir]. The summed E-state index contributed by atoms with van der Waals surface area (Å²) in [5, 5.41) is 7.66. The topological polar surface area (TPSA) is 56.5 Å². The number of aromatic nitrogens is 5. The Kier molecular flexibility index (Phi) is 3.22. The van der Waals surface area contributed by atoms with Gasteiger partial charge in [-0.25, -0.2) is 11.2 Å². The predicted octanol–water partition coefficient (Wildman–Crippen LogP) is 0.0698. The maximum absolute atomic E-state index is 3.98. The summed E-state index contributed by atoms with van der Waals surface area (Å²) in [6.45, 7) is 0. The zero-order valence-corrected chi connectivity index (χ0v) is 9.20. The molecule has 0 aliphatic heterocycles. The van der Waals surface area contributed by atoms with Crippen molar-refractivity contribution in [1.82, 2.24) is 25.0 Å². The minimum atomic E-state index is 0. The van der Waals surface area contributed by atoms with E-state index in [0.717, 1.165) is 0 Å². The first-order valence-electron chi connectivity index (χ1n) is 3.40. The van der Waals surface area contributed by atoms with Crippen LogP contribution in [0.3, 0.4) is 0 Å². The Morgan fingerprint density at radius 3 is 2.85 bits per heavy atom. The molecule has 2 aromatic heterocycles. The van der Waals surface area contributed by atoms with Crippen LogP contribution in [0.2, 0.25) is 0 Å². The molecule has 0 aliphatic carbocycles. The summed E-state index contributed by atoms with van der Waals surface area (Å²) in [5.74, 6) is 0. The van der Waals surface area contributed by atoms with Crippen molar-refractivity contribution in [2.24, 2.45) is 7.05 Å². The van der Waals surface area contributed by atoms with Crippen molar-refractivity contribution in [1.29, 1.82) is 0 Å². The molecule has 0 N–H and O–H groups in total. The molecule has 13 heavy (non-hydrogen) atoms. The van der Waals surface area contributed by atoms with Gasteiger partial charge in [-0.1, -0.05) is 17.1 Å². The molecule has 2 rings (SSSR count). The summed E-state index contributed by atoms with van der Waals surface area (Å²) in [6.07, 6.45) is 4.79. The van der Waals surface area contributed by atoms with E-state index in [1.165, 1.54) is 6.33 Å². The van der Waals surface area contributed by atoms with Crippen LogP contribution in [0.5, 0.6) is 0 Å². The number of aryl methyl sites for hydroxylation is 1. The van der Waals surface area contributed by atoms with Gasteiger partial charge in [-0.15, -0.1) is 0 Å². The Labute approximate surface area is 88.6 Å². The van der Waals surface area contributed by atoms with Crippen LogP contribution in [0.25, 0.3) is 11.4 Å². The molecule has 0 unspecified atom stereocenters. The van der Waals surface area contributed by atoms with Crippen LogP contribution in [-0.4, -0.2) is 25.0 Å². The van der Waals surface area contributed by atoms with E-state index in [0.29, 0.717) is 11.4 Å². The van der Waals surface area contributed by atoms with Crippen LogP contribution >= 0.6 is 0 Å². The molecule has 0 fully saturated rings. The standard InChI is InChI=1S/C7H6N5.Ir/c1-12-4-7(10-11-12)6-2-3-8-5-9-6;/h3-5H,1H3;/q-1;. The fourth-order valence-corrected chi connectivity index (χ4v) is 0.856. The normalized spacial score (nSPS) is 9.31. The first kappa shape index (κ1) is 9.95. The summed E-state index contributed by atoms with van der Waals surface area (Å²) in [6, 6.07) is 2.86. The minimum Gasteiger partial charge on any atom is -0.274 e. The molecular formula is C7H6IrN5-. The molecule has 0 saturated carbocycles. The molecule has 69 valence electrons. The summed E-state index contributed by atoms with van der Waals surface area (Å²) in [7, 11) is 1.80. The molecule has 0 aliphatic rings. The Balaban J connectivity index is 0.000000845. The smallest absolute Gasteiger partial charge is 0.110 e. The number of nitrogens with zero attached hydrogens (tertiary/aromatic N) is 5. The van der Waals surface area contributed by atoms with Crippen molar-refractivity contribution in [3.8, 4) is 11.4 Å². The monoisotopic (exact) mass is 353 g/mol. The second kappa shape index (κ2) is 4.20. The maximum Gasteiger partial charge on any atom is 0.110 e. The molecule has 6 heteroatoms. The summed E-state index contributed by atoms with van der Waals surface area (Å²) in [5.41, 5.74) is 1.37. The van der Waals surface area contributed by atoms with Gasteiger partial charge in [-0.05, 0) is 11.9 Å². The molecule has 0 bridgehead atoms. The van der Waals surface area contributed by atoms with Crippen molar-refractivity contribution in [3.63, 3.8) is 0 Å². The summed E-state index contributed by atoms with van der Waals surface area (Å²) < 4.78 is 1.62. The fourth-order valence-electron chi connectivity index (χ4n) is 0.856. The van der Waals surface area contributed by atoms with Gasteiger partial charge in [0.1, 0.15) is 6.33 Å². The minimum absolute atomic E-state index is 0. The van der Waals surface area contributed by atoms with Gasteiger partial charge < -0.3 is 0 Å². The number of hydrogen-bond donors (Lipinski definition) is 0. The molecule has 0 saturated heterocycles. The second-order valence-corrected chi connectivity index (χ2v) is 2.29. The van der Waals surface area contributed by atoms with Crippen LogP contribution in [-0.2, 0) is 27.2 Å². The van der Waals surface area contributed by atoms with Crippen LogP contribution in [0.1, 0.15) is 0 Å². The average molecular weight is 352 g/mol. The summed E-state index contributed by atoms with van der Waals surface area (Å²) >= 11 is 0. The third-order valence-electron chi connectivity index (χ3n) is 1.37. The third-order valence-corrected chi connectivity index (χ3v) is 1.37. The van der Waals surface area contributed by atoms with Crippen LogP contribution < -0.4 is 0 Å². The van der Waals surface area contributed by atoms with E-state index in [2.05, 4.69) is 26.3 Å². The fraction of sp³-hybridized carbons (Fsp3) is 0.143. The van der Waals surface area contributed by atoms with Gasteiger partial charge in [-0.3, -0.25) is 14.6 Å². The van der Waals surface area contributed by atoms with Gasteiger partial charge in [0, 0.05) is 27.2 Å². The Hall–Kier alpha value is -1.13. The molecule has 0 atom stereocenters. The first-order chi connectivity index (χ1) is 5.86.